The third-order valence-electron chi connectivity index (χ3n) is 2.38. The molecule has 0 saturated heterocycles. The summed E-state index contributed by atoms with van der Waals surface area (Å²) in [7, 11) is 0. The van der Waals surface area contributed by atoms with Crippen molar-refractivity contribution in [2.75, 3.05) is 13.2 Å². The molecule has 0 bridgehead atoms. The van der Waals surface area contributed by atoms with E-state index >= 15 is 0 Å². The fraction of sp³-hybridized carbons (Fsp3) is 0.769. The van der Waals surface area contributed by atoms with E-state index in [9.17, 15) is 4.79 Å². The molecule has 0 heterocycles. The minimum Gasteiger partial charge on any atom is -0.395 e. The lowest BCUT2D eigenvalue weighted by Gasteiger charge is -1.99. The van der Waals surface area contributed by atoms with Crippen molar-refractivity contribution in [2.24, 2.45) is 0 Å². The highest BCUT2D eigenvalue weighted by atomic mass is 16.3. The first-order valence-electron chi connectivity index (χ1n) is 6.33. The highest BCUT2D eigenvalue weighted by Gasteiger charge is 1.94. The van der Waals surface area contributed by atoms with Crippen LogP contribution in [0.25, 0.3) is 0 Å². The molecule has 0 rings (SSSR count). The molecule has 16 heavy (non-hydrogen) atoms. The van der Waals surface area contributed by atoms with E-state index in [1.165, 1.54) is 32.1 Å². The lowest BCUT2D eigenvalue weighted by molar-refractivity contribution is -0.120. The SMILES string of the molecule is CCCCCCC/C=C/CC(=O)NCCO. The number of rotatable bonds is 10. The van der Waals surface area contributed by atoms with Crippen LogP contribution >= 0.6 is 0 Å². The number of nitrogens with one attached hydrogen (secondary N) is 1. The number of unbranched alkanes of at least 4 members (excludes halogenated alkanes) is 5. The summed E-state index contributed by atoms with van der Waals surface area (Å²) in [4.78, 5) is 11.1. The molecule has 0 aliphatic carbocycles. The molecule has 0 saturated carbocycles. The Kier molecular flexibility index (Phi) is 11.6. The van der Waals surface area contributed by atoms with Crippen molar-refractivity contribution in [2.45, 2.75) is 51.9 Å². The molecule has 0 aromatic heterocycles. The molecular weight excluding hydrogens is 202 g/mol. The molecular formula is C13H25NO2. The van der Waals surface area contributed by atoms with E-state index in [2.05, 4.69) is 18.3 Å². The van der Waals surface area contributed by atoms with Gasteiger partial charge in [0, 0.05) is 13.0 Å². The maximum absolute atomic E-state index is 11.1. The quantitative estimate of drug-likeness (QED) is 0.445. The smallest absolute Gasteiger partial charge is 0.223 e. The van der Waals surface area contributed by atoms with E-state index in [0.717, 1.165) is 6.42 Å². The summed E-state index contributed by atoms with van der Waals surface area (Å²) in [6.45, 7) is 2.57. The fourth-order valence-electron chi connectivity index (χ4n) is 1.44. The predicted octanol–water partition coefficient (Wildman–Crippen LogP) is 2.40. The zero-order valence-electron chi connectivity index (χ0n) is 10.4. The Labute approximate surface area is 98.9 Å². The number of hydrogen-bond donors (Lipinski definition) is 2. The van der Waals surface area contributed by atoms with Crippen LogP contribution in [0.2, 0.25) is 0 Å². The van der Waals surface area contributed by atoms with Gasteiger partial charge in [-0.05, 0) is 12.8 Å². The van der Waals surface area contributed by atoms with E-state index in [1.54, 1.807) is 0 Å². The molecule has 0 aromatic carbocycles. The van der Waals surface area contributed by atoms with E-state index < -0.39 is 0 Å². The predicted molar refractivity (Wildman–Crippen MR) is 67.2 cm³/mol. The van der Waals surface area contributed by atoms with Crippen LogP contribution in [0.5, 0.6) is 0 Å². The average molecular weight is 227 g/mol. The van der Waals surface area contributed by atoms with Crippen molar-refractivity contribution in [3.8, 4) is 0 Å². The van der Waals surface area contributed by atoms with Gasteiger partial charge in [-0.3, -0.25) is 4.79 Å². The van der Waals surface area contributed by atoms with Crippen LogP contribution in [0.1, 0.15) is 51.9 Å². The Hall–Kier alpha value is -0.830. The van der Waals surface area contributed by atoms with Crippen LogP contribution in [-0.2, 0) is 4.79 Å². The fourth-order valence-corrected chi connectivity index (χ4v) is 1.44. The van der Waals surface area contributed by atoms with Crippen molar-refractivity contribution in [3.63, 3.8) is 0 Å². The summed E-state index contributed by atoms with van der Waals surface area (Å²) >= 11 is 0. The summed E-state index contributed by atoms with van der Waals surface area (Å²) in [5, 5.41) is 11.1. The Morgan fingerprint density at radius 2 is 1.94 bits per heavy atom. The second kappa shape index (κ2) is 12.2. The largest absolute Gasteiger partial charge is 0.395 e. The van der Waals surface area contributed by atoms with E-state index in [4.69, 9.17) is 5.11 Å². The van der Waals surface area contributed by atoms with E-state index in [-0.39, 0.29) is 12.5 Å². The number of carbonyl (C=O) groups excluding carboxylic acids is 1. The first kappa shape index (κ1) is 15.2. The van der Waals surface area contributed by atoms with Crippen LogP contribution in [-0.4, -0.2) is 24.2 Å². The molecule has 0 aliphatic heterocycles. The summed E-state index contributed by atoms with van der Waals surface area (Å²) in [5.74, 6) is -0.0173. The van der Waals surface area contributed by atoms with Crippen LogP contribution in [0.15, 0.2) is 12.2 Å². The summed E-state index contributed by atoms with van der Waals surface area (Å²) in [5.41, 5.74) is 0. The van der Waals surface area contributed by atoms with Crippen LogP contribution in [0, 0.1) is 0 Å². The van der Waals surface area contributed by atoms with Crippen LogP contribution < -0.4 is 5.32 Å². The van der Waals surface area contributed by atoms with Gasteiger partial charge in [-0.2, -0.15) is 0 Å². The van der Waals surface area contributed by atoms with Crippen molar-refractivity contribution in [1.29, 1.82) is 0 Å². The molecule has 0 radical (unpaired) electrons. The first-order chi connectivity index (χ1) is 7.81. The Bertz CT molecular complexity index is 190. The molecule has 0 atom stereocenters. The molecule has 1 amide bonds. The van der Waals surface area contributed by atoms with Gasteiger partial charge in [0.2, 0.25) is 5.91 Å². The van der Waals surface area contributed by atoms with Gasteiger partial charge in [-0.15, -0.1) is 0 Å². The second-order valence-corrected chi connectivity index (χ2v) is 3.95. The summed E-state index contributed by atoms with van der Waals surface area (Å²) < 4.78 is 0. The lowest BCUT2D eigenvalue weighted by atomic mass is 10.1. The number of allylic oxidation sites excluding steroid dienone is 1. The zero-order valence-corrected chi connectivity index (χ0v) is 10.4. The molecule has 3 heteroatoms. The van der Waals surface area contributed by atoms with Gasteiger partial charge in [-0.25, -0.2) is 0 Å². The molecule has 0 aliphatic rings. The maximum atomic E-state index is 11.1. The topological polar surface area (TPSA) is 49.3 Å². The van der Waals surface area contributed by atoms with Gasteiger partial charge in [0.25, 0.3) is 0 Å². The van der Waals surface area contributed by atoms with Crippen LogP contribution in [0.3, 0.4) is 0 Å². The summed E-state index contributed by atoms with van der Waals surface area (Å²) in [6, 6.07) is 0. The minimum atomic E-state index is -0.0173. The highest BCUT2D eigenvalue weighted by Crippen LogP contribution is 2.05. The van der Waals surface area contributed by atoms with Gasteiger partial charge in [-0.1, -0.05) is 44.8 Å². The molecule has 0 fully saturated rings. The lowest BCUT2D eigenvalue weighted by Crippen LogP contribution is -2.25. The number of carbonyl (C=O) groups is 1. The molecule has 2 N–H and O–H groups in total. The third kappa shape index (κ3) is 11.2. The Balaban J connectivity index is 3.23. The zero-order chi connectivity index (χ0) is 12.1. The number of amides is 1. The Morgan fingerprint density at radius 3 is 2.62 bits per heavy atom. The second-order valence-electron chi connectivity index (χ2n) is 3.95. The van der Waals surface area contributed by atoms with Crippen molar-refractivity contribution < 1.29 is 9.90 Å². The summed E-state index contributed by atoms with van der Waals surface area (Å²) in [6.07, 6.45) is 11.9. The van der Waals surface area contributed by atoms with Gasteiger partial charge in [0.05, 0.1) is 6.61 Å². The molecule has 0 aromatic rings. The van der Waals surface area contributed by atoms with Crippen molar-refractivity contribution in [3.05, 3.63) is 12.2 Å². The van der Waals surface area contributed by atoms with Gasteiger partial charge in [0.15, 0.2) is 0 Å². The first-order valence-corrected chi connectivity index (χ1v) is 6.33. The molecule has 0 unspecified atom stereocenters. The minimum absolute atomic E-state index is 0.00683. The van der Waals surface area contributed by atoms with Gasteiger partial charge >= 0.3 is 0 Å². The van der Waals surface area contributed by atoms with Gasteiger partial charge in [0.1, 0.15) is 0 Å². The molecule has 94 valence electrons. The number of aliphatic hydroxyl groups excluding tert-OH is 1. The number of aliphatic hydroxyl groups is 1. The highest BCUT2D eigenvalue weighted by molar-refractivity contribution is 5.77. The number of hydrogen-bond acceptors (Lipinski definition) is 2. The van der Waals surface area contributed by atoms with Crippen molar-refractivity contribution in [1.82, 2.24) is 5.32 Å². The monoisotopic (exact) mass is 227 g/mol. The maximum Gasteiger partial charge on any atom is 0.223 e. The van der Waals surface area contributed by atoms with E-state index in [0.29, 0.717) is 13.0 Å². The van der Waals surface area contributed by atoms with E-state index in [1.807, 2.05) is 6.08 Å². The van der Waals surface area contributed by atoms with Crippen molar-refractivity contribution >= 4 is 5.91 Å². The van der Waals surface area contributed by atoms with Gasteiger partial charge < -0.3 is 10.4 Å². The molecule has 3 nitrogen and oxygen atoms in total. The average Bonchev–Trinajstić information content (AvgIpc) is 2.30. The Morgan fingerprint density at radius 1 is 1.19 bits per heavy atom. The standard InChI is InChI=1S/C13H25NO2/c1-2-3-4-5-6-7-8-9-10-13(16)14-11-12-15/h8-9,15H,2-7,10-12H2,1H3,(H,14,16)/b9-8+. The third-order valence-corrected chi connectivity index (χ3v) is 2.38. The van der Waals surface area contributed by atoms with Crippen LogP contribution in [0.4, 0.5) is 0 Å². The normalized spacial score (nSPS) is 10.9. The molecule has 0 spiro atoms.